The van der Waals surface area contributed by atoms with Crippen LogP contribution >= 0.6 is 7.82 Å². The third kappa shape index (κ3) is 62.1. The van der Waals surface area contributed by atoms with Crippen molar-refractivity contribution in [1.82, 2.24) is 0 Å². The van der Waals surface area contributed by atoms with Crippen molar-refractivity contribution in [3.05, 3.63) is 97.2 Å². The number of likely N-dealkylation sites (N-methyl/N-ethyl adjacent to an activating group) is 1. The molecule has 0 aliphatic heterocycles. The summed E-state index contributed by atoms with van der Waals surface area (Å²) in [6, 6.07) is 0. The van der Waals surface area contributed by atoms with Crippen molar-refractivity contribution in [2.24, 2.45) is 0 Å². The van der Waals surface area contributed by atoms with E-state index >= 15 is 0 Å². The summed E-state index contributed by atoms with van der Waals surface area (Å²) < 4.78 is 34.6. The van der Waals surface area contributed by atoms with Gasteiger partial charge in [0, 0.05) is 12.8 Å². The second kappa shape index (κ2) is 58.6. The third-order valence-electron chi connectivity index (χ3n) is 13.6. The molecule has 78 heavy (non-hydrogen) atoms. The topological polar surface area (TPSA) is 108 Å². The zero-order valence-electron chi connectivity index (χ0n) is 51.1. The van der Waals surface area contributed by atoms with E-state index in [0.29, 0.717) is 17.4 Å². The van der Waals surface area contributed by atoms with Crippen LogP contribution in [0.4, 0.5) is 0 Å². The number of quaternary nitrogens is 1. The number of allylic oxidation sites excluding steroid dienone is 16. The minimum Gasteiger partial charge on any atom is -0.462 e. The smallest absolute Gasteiger partial charge is 0.462 e. The summed E-state index contributed by atoms with van der Waals surface area (Å²) in [4.78, 5) is 35.8. The first kappa shape index (κ1) is 74.9. The lowest BCUT2D eigenvalue weighted by atomic mass is 10.0. The molecule has 0 spiro atoms. The standard InChI is InChI=1S/C68H120NO8P/c1-6-8-10-12-14-16-18-20-22-24-26-28-29-30-31-32-33-34-35-36-37-38-39-41-43-45-47-49-51-53-55-57-59-61-68(71)77-66(65-76-78(72,73)75-63-62-69(3,4)5)64-74-67(70)60-58-56-54-52-50-48-46-44-42-40-27-25-23-21-19-17-15-13-11-9-7-2/h8,10,14,16,19-22,25-28,30-31,42,44,66H,6-7,9,11-13,15,17-18,23-24,29,32-41,43,45-65H2,1-5H3/p+1/b10-8-,16-14-,21-19-,22-20-,27-25-,28-26-,31-30-,44-42-. The number of hydrogen-bond acceptors (Lipinski definition) is 7. The van der Waals surface area contributed by atoms with Gasteiger partial charge in [-0.3, -0.25) is 18.6 Å². The molecule has 0 fully saturated rings. The molecule has 0 aliphatic carbocycles. The molecule has 2 unspecified atom stereocenters. The first-order valence-electron chi connectivity index (χ1n) is 32.0. The molecule has 1 N–H and O–H groups in total. The van der Waals surface area contributed by atoms with Gasteiger partial charge in [-0.15, -0.1) is 0 Å². The molecule has 0 aromatic heterocycles. The fraction of sp³-hybridized carbons (Fsp3) is 0.735. The highest BCUT2D eigenvalue weighted by atomic mass is 31.2. The molecular weight excluding hydrogens is 990 g/mol. The fourth-order valence-electron chi connectivity index (χ4n) is 8.70. The Hall–Kier alpha value is -3.07. The van der Waals surface area contributed by atoms with Crippen molar-refractivity contribution >= 4 is 19.8 Å². The van der Waals surface area contributed by atoms with E-state index in [1.54, 1.807) is 0 Å². The fourth-order valence-corrected chi connectivity index (χ4v) is 9.44. The van der Waals surface area contributed by atoms with Gasteiger partial charge in [-0.2, -0.15) is 0 Å². The molecule has 0 aromatic carbocycles. The highest BCUT2D eigenvalue weighted by Crippen LogP contribution is 2.43. The number of phosphoric acid groups is 1. The van der Waals surface area contributed by atoms with Crippen LogP contribution in [0.2, 0.25) is 0 Å². The average molecular weight is 1110 g/mol. The SMILES string of the molecule is CC/C=C\C/C=C\C/C=C\C/C=C\C/C=C\CCCCCCCCCCCCCCCCCCCC(=O)OC(COC(=O)CCCCCCCC/C=C\C/C=C\C/C=C\CCCCCCC)COP(=O)(O)OCC[N+](C)(C)C. The number of phosphoric ester groups is 1. The number of hydrogen-bond donors (Lipinski definition) is 1. The summed E-state index contributed by atoms with van der Waals surface area (Å²) in [5.41, 5.74) is 0. The van der Waals surface area contributed by atoms with E-state index in [-0.39, 0.29) is 32.0 Å². The van der Waals surface area contributed by atoms with Gasteiger partial charge >= 0.3 is 19.8 Å². The van der Waals surface area contributed by atoms with Crippen LogP contribution in [0, 0.1) is 0 Å². The monoisotopic (exact) mass is 1110 g/mol. The number of rotatable bonds is 58. The molecule has 2 atom stereocenters. The average Bonchev–Trinajstić information content (AvgIpc) is 3.41. The maximum atomic E-state index is 12.9. The molecule has 10 heteroatoms. The highest BCUT2D eigenvalue weighted by molar-refractivity contribution is 7.47. The van der Waals surface area contributed by atoms with Crippen molar-refractivity contribution in [3.63, 3.8) is 0 Å². The van der Waals surface area contributed by atoms with Crippen LogP contribution in [0.25, 0.3) is 0 Å². The zero-order valence-corrected chi connectivity index (χ0v) is 52.0. The highest BCUT2D eigenvalue weighted by Gasteiger charge is 2.27. The van der Waals surface area contributed by atoms with Gasteiger partial charge in [-0.05, 0) is 96.3 Å². The van der Waals surface area contributed by atoms with E-state index in [1.807, 2.05) is 21.1 Å². The molecule has 0 aliphatic rings. The van der Waals surface area contributed by atoms with E-state index in [4.69, 9.17) is 18.5 Å². The minimum absolute atomic E-state index is 0.0265. The van der Waals surface area contributed by atoms with Crippen LogP contribution < -0.4 is 0 Å². The molecule has 0 rings (SSSR count). The van der Waals surface area contributed by atoms with Gasteiger partial charge in [0.1, 0.15) is 19.8 Å². The van der Waals surface area contributed by atoms with Crippen LogP contribution in [0.1, 0.15) is 271 Å². The molecule has 0 saturated heterocycles. The molecule has 0 aromatic rings. The number of carbonyl (C=O) groups excluding carboxylic acids is 2. The molecule has 0 radical (unpaired) electrons. The predicted molar refractivity (Wildman–Crippen MR) is 335 cm³/mol. The quantitative estimate of drug-likeness (QED) is 0.0211. The van der Waals surface area contributed by atoms with Gasteiger partial charge in [0.25, 0.3) is 0 Å². The van der Waals surface area contributed by atoms with E-state index in [1.165, 1.54) is 141 Å². The van der Waals surface area contributed by atoms with Crippen LogP contribution in [0.3, 0.4) is 0 Å². The second-order valence-corrected chi connectivity index (χ2v) is 23.9. The van der Waals surface area contributed by atoms with E-state index in [0.717, 1.165) is 96.3 Å². The van der Waals surface area contributed by atoms with Gasteiger partial charge in [-0.25, -0.2) is 4.57 Å². The molecule has 0 amide bonds. The van der Waals surface area contributed by atoms with Crippen molar-refractivity contribution in [3.8, 4) is 0 Å². The summed E-state index contributed by atoms with van der Waals surface area (Å²) >= 11 is 0. The largest absolute Gasteiger partial charge is 0.472 e. The van der Waals surface area contributed by atoms with Crippen molar-refractivity contribution < 1.29 is 42.1 Å². The first-order chi connectivity index (χ1) is 38.0. The van der Waals surface area contributed by atoms with Crippen molar-refractivity contribution in [2.45, 2.75) is 277 Å². The van der Waals surface area contributed by atoms with Gasteiger partial charge in [0.15, 0.2) is 6.10 Å². The second-order valence-electron chi connectivity index (χ2n) is 22.4. The molecule has 450 valence electrons. The third-order valence-corrected chi connectivity index (χ3v) is 14.6. The van der Waals surface area contributed by atoms with Gasteiger partial charge < -0.3 is 18.9 Å². The summed E-state index contributed by atoms with van der Waals surface area (Å²) in [5, 5.41) is 0. The van der Waals surface area contributed by atoms with Crippen LogP contribution in [-0.2, 0) is 32.7 Å². The Morgan fingerprint density at radius 3 is 1.09 bits per heavy atom. The van der Waals surface area contributed by atoms with Crippen LogP contribution in [0.15, 0.2) is 97.2 Å². The van der Waals surface area contributed by atoms with Crippen LogP contribution in [0.5, 0.6) is 0 Å². The maximum absolute atomic E-state index is 12.9. The van der Waals surface area contributed by atoms with Gasteiger partial charge in [0.05, 0.1) is 27.7 Å². The molecular formula is C68H121NO8P+. The lowest BCUT2D eigenvalue weighted by Gasteiger charge is -2.24. The Labute approximate surface area is 481 Å². The minimum atomic E-state index is -4.40. The van der Waals surface area contributed by atoms with E-state index in [2.05, 4.69) is 111 Å². The summed E-state index contributed by atoms with van der Waals surface area (Å²) in [6.45, 7) is 4.31. The van der Waals surface area contributed by atoms with Crippen LogP contribution in [-0.4, -0.2) is 74.9 Å². The van der Waals surface area contributed by atoms with Crippen molar-refractivity contribution in [2.75, 3.05) is 47.5 Å². The molecule has 0 saturated carbocycles. The van der Waals surface area contributed by atoms with Gasteiger partial charge in [-0.1, -0.05) is 259 Å². The Morgan fingerprint density at radius 1 is 0.410 bits per heavy atom. The molecule has 0 heterocycles. The normalized spacial score (nSPS) is 13.9. The van der Waals surface area contributed by atoms with E-state index in [9.17, 15) is 19.0 Å². The van der Waals surface area contributed by atoms with Gasteiger partial charge in [0.2, 0.25) is 0 Å². The Balaban J connectivity index is 4.09. The lowest BCUT2D eigenvalue weighted by molar-refractivity contribution is -0.870. The summed E-state index contributed by atoms with van der Waals surface area (Å²) in [6.07, 6.45) is 80.6. The summed E-state index contributed by atoms with van der Waals surface area (Å²) in [5.74, 6) is -0.808. The van der Waals surface area contributed by atoms with Crippen molar-refractivity contribution in [1.29, 1.82) is 0 Å². The summed E-state index contributed by atoms with van der Waals surface area (Å²) in [7, 11) is 1.47. The number of unbranched alkanes of at least 4 members (excludes halogenated alkanes) is 28. The van der Waals surface area contributed by atoms with E-state index < -0.39 is 26.5 Å². The Kier molecular flexibility index (Phi) is 56.3. The Morgan fingerprint density at radius 2 is 0.731 bits per heavy atom. The predicted octanol–water partition coefficient (Wildman–Crippen LogP) is 20.4. The number of ether oxygens (including phenoxy) is 2. The lowest BCUT2D eigenvalue weighted by Crippen LogP contribution is -2.37. The Bertz CT molecular complexity index is 1640. The number of nitrogens with zero attached hydrogens (tertiary/aromatic N) is 1. The maximum Gasteiger partial charge on any atom is 0.472 e. The first-order valence-corrected chi connectivity index (χ1v) is 33.5. The zero-order chi connectivity index (χ0) is 57.0. The molecule has 0 bridgehead atoms. The number of esters is 2. The molecule has 9 nitrogen and oxygen atoms in total. The number of carbonyl (C=O) groups is 2.